The van der Waals surface area contributed by atoms with Crippen molar-refractivity contribution in [2.45, 2.75) is 13.3 Å². The molecule has 0 atom stereocenters. The molecule has 1 nitrogen and oxygen atoms in total. The summed E-state index contributed by atoms with van der Waals surface area (Å²) in [5, 5.41) is 0. The van der Waals surface area contributed by atoms with Crippen LogP contribution in [0.15, 0.2) is 12.1 Å². The molecule has 0 aliphatic heterocycles. The second kappa shape index (κ2) is 4.88. The smallest absolute Gasteiger partial charge is 0.139 e. The van der Waals surface area contributed by atoms with Crippen molar-refractivity contribution in [3.8, 4) is 11.8 Å². The molecule has 0 amide bonds. The molecule has 1 rings (SSSR count). The number of benzene rings is 1. The molecule has 3 heteroatoms. The van der Waals surface area contributed by atoms with Crippen LogP contribution in [0.25, 0.3) is 0 Å². The Morgan fingerprint density at radius 2 is 2.21 bits per heavy atom. The third-order valence-corrected chi connectivity index (χ3v) is 1.99. The van der Waals surface area contributed by atoms with Crippen molar-refractivity contribution in [3.05, 3.63) is 29.1 Å². The molecule has 1 aromatic rings. The van der Waals surface area contributed by atoms with Crippen LogP contribution in [0.4, 0.5) is 10.1 Å². The number of nitrogen functional groups attached to an aromatic ring is 1. The van der Waals surface area contributed by atoms with Crippen molar-refractivity contribution in [2.75, 3.05) is 11.6 Å². The van der Waals surface area contributed by atoms with Crippen molar-refractivity contribution in [2.24, 2.45) is 0 Å². The zero-order valence-corrected chi connectivity index (χ0v) is 8.66. The van der Waals surface area contributed by atoms with Crippen LogP contribution >= 0.6 is 11.6 Å². The van der Waals surface area contributed by atoms with Gasteiger partial charge in [0.15, 0.2) is 0 Å². The fourth-order valence-corrected chi connectivity index (χ4v) is 1.08. The van der Waals surface area contributed by atoms with Crippen LogP contribution in [0, 0.1) is 24.6 Å². The van der Waals surface area contributed by atoms with Gasteiger partial charge >= 0.3 is 0 Å². The number of nitrogens with two attached hydrogens (primary N) is 1. The quantitative estimate of drug-likeness (QED) is 0.432. The maximum Gasteiger partial charge on any atom is 0.139 e. The third kappa shape index (κ3) is 2.65. The number of halogens is 2. The summed E-state index contributed by atoms with van der Waals surface area (Å²) in [7, 11) is 0. The van der Waals surface area contributed by atoms with Gasteiger partial charge in [0.05, 0.1) is 5.56 Å². The lowest BCUT2D eigenvalue weighted by molar-refractivity contribution is 0.623. The standard InChI is InChI=1S/C11H11ClFN/c1-8-6-10(13)9(7-11(8)14)4-2-3-5-12/h6-7H,3,5,14H2,1H3. The van der Waals surface area contributed by atoms with Crippen LogP contribution in [0.1, 0.15) is 17.5 Å². The van der Waals surface area contributed by atoms with Gasteiger partial charge in [-0.15, -0.1) is 11.6 Å². The minimum atomic E-state index is -0.334. The van der Waals surface area contributed by atoms with Gasteiger partial charge < -0.3 is 5.73 Å². The Morgan fingerprint density at radius 1 is 1.50 bits per heavy atom. The van der Waals surface area contributed by atoms with Crippen molar-refractivity contribution in [1.29, 1.82) is 0 Å². The van der Waals surface area contributed by atoms with Gasteiger partial charge in [0, 0.05) is 18.0 Å². The topological polar surface area (TPSA) is 26.0 Å². The second-order valence-corrected chi connectivity index (χ2v) is 3.31. The normalized spacial score (nSPS) is 9.36. The molecule has 0 aliphatic carbocycles. The fourth-order valence-electron chi connectivity index (χ4n) is 0.990. The van der Waals surface area contributed by atoms with E-state index in [1.807, 2.05) is 0 Å². The van der Waals surface area contributed by atoms with Crippen molar-refractivity contribution >= 4 is 17.3 Å². The van der Waals surface area contributed by atoms with Crippen LogP contribution < -0.4 is 5.73 Å². The molecule has 0 heterocycles. The summed E-state index contributed by atoms with van der Waals surface area (Å²) in [6, 6.07) is 2.94. The zero-order chi connectivity index (χ0) is 10.6. The number of hydrogen-bond donors (Lipinski definition) is 1. The minimum Gasteiger partial charge on any atom is -0.398 e. The highest BCUT2D eigenvalue weighted by Gasteiger charge is 2.02. The Bertz CT molecular complexity index is 390. The van der Waals surface area contributed by atoms with Gasteiger partial charge in [-0.25, -0.2) is 4.39 Å². The first-order valence-electron chi connectivity index (χ1n) is 4.25. The van der Waals surface area contributed by atoms with E-state index >= 15 is 0 Å². The number of aryl methyl sites for hydroxylation is 1. The van der Waals surface area contributed by atoms with Crippen LogP contribution in [-0.2, 0) is 0 Å². The average Bonchev–Trinajstić information content (AvgIpc) is 2.14. The van der Waals surface area contributed by atoms with Gasteiger partial charge in [-0.3, -0.25) is 0 Å². The van der Waals surface area contributed by atoms with E-state index < -0.39 is 0 Å². The van der Waals surface area contributed by atoms with Gasteiger partial charge in [-0.2, -0.15) is 0 Å². The molecular weight excluding hydrogens is 201 g/mol. The molecule has 0 saturated carbocycles. The number of rotatable bonds is 1. The van der Waals surface area contributed by atoms with E-state index in [9.17, 15) is 4.39 Å². The van der Waals surface area contributed by atoms with Gasteiger partial charge in [-0.1, -0.05) is 11.8 Å². The van der Waals surface area contributed by atoms with Gasteiger partial charge in [0.1, 0.15) is 5.82 Å². The van der Waals surface area contributed by atoms with E-state index in [1.165, 1.54) is 6.07 Å². The monoisotopic (exact) mass is 211 g/mol. The first-order chi connectivity index (χ1) is 6.65. The van der Waals surface area contributed by atoms with Crippen molar-refractivity contribution < 1.29 is 4.39 Å². The summed E-state index contributed by atoms with van der Waals surface area (Å²) < 4.78 is 13.3. The lowest BCUT2D eigenvalue weighted by atomic mass is 10.1. The second-order valence-electron chi connectivity index (χ2n) is 2.93. The Labute approximate surface area is 88.1 Å². The van der Waals surface area contributed by atoms with Gasteiger partial charge in [-0.05, 0) is 24.6 Å². The largest absolute Gasteiger partial charge is 0.398 e. The van der Waals surface area contributed by atoms with Crippen LogP contribution in [0.5, 0.6) is 0 Å². The molecule has 0 aliphatic rings. The molecule has 0 spiro atoms. The first kappa shape index (κ1) is 10.9. The summed E-state index contributed by atoms with van der Waals surface area (Å²) in [6.07, 6.45) is 0.550. The SMILES string of the molecule is Cc1cc(F)c(C#CCCCl)cc1N. The molecule has 0 fully saturated rings. The predicted octanol–water partition coefficient (Wildman–Crippen LogP) is 2.70. The first-order valence-corrected chi connectivity index (χ1v) is 4.79. The molecule has 0 aromatic heterocycles. The van der Waals surface area contributed by atoms with Crippen LogP contribution in [0.2, 0.25) is 0 Å². The van der Waals surface area contributed by atoms with Crippen LogP contribution in [-0.4, -0.2) is 5.88 Å². The molecule has 74 valence electrons. The Morgan fingerprint density at radius 3 is 2.86 bits per heavy atom. The van der Waals surface area contributed by atoms with E-state index in [4.69, 9.17) is 17.3 Å². The molecule has 0 unspecified atom stereocenters. The summed E-state index contributed by atoms with van der Waals surface area (Å²) in [4.78, 5) is 0. The number of anilines is 1. The van der Waals surface area contributed by atoms with E-state index in [-0.39, 0.29) is 5.82 Å². The number of hydrogen-bond acceptors (Lipinski definition) is 1. The predicted molar refractivity (Wildman–Crippen MR) is 57.8 cm³/mol. The molecular formula is C11H11ClFN. The van der Waals surface area contributed by atoms with E-state index in [0.29, 0.717) is 23.6 Å². The maximum atomic E-state index is 13.3. The molecule has 0 radical (unpaired) electrons. The summed E-state index contributed by atoms with van der Waals surface area (Å²) >= 11 is 5.44. The molecule has 1 aromatic carbocycles. The lowest BCUT2D eigenvalue weighted by Crippen LogP contribution is -1.93. The highest BCUT2D eigenvalue weighted by Crippen LogP contribution is 2.16. The van der Waals surface area contributed by atoms with Crippen molar-refractivity contribution in [3.63, 3.8) is 0 Å². The van der Waals surface area contributed by atoms with Gasteiger partial charge in [0.25, 0.3) is 0 Å². The summed E-state index contributed by atoms with van der Waals surface area (Å²) in [5.74, 6) is 5.57. The molecule has 2 N–H and O–H groups in total. The summed E-state index contributed by atoms with van der Waals surface area (Å²) in [6.45, 7) is 1.76. The molecule has 0 saturated heterocycles. The Hall–Kier alpha value is -1.20. The summed E-state index contributed by atoms with van der Waals surface area (Å²) in [5.41, 5.74) is 7.25. The lowest BCUT2D eigenvalue weighted by Gasteiger charge is -2.01. The average molecular weight is 212 g/mol. The third-order valence-electron chi connectivity index (χ3n) is 1.80. The van der Waals surface area contributed by atoms with Crippen LogP contribution in [0.3, 0.4) is 0 Å². The highest BCUT2D eigenvalue weighted by molar-refractivity contribution is 6.18. The Kier molecular flexibility index (Phi) is 3.79. The zero-order valence-electron chi connectivity index (χ0n) is 7.90. The van der Waals surface area contributed by atoms with Gasteiger partial charge in [0.2, 0.25) is 0 Å². The van der Waals surface area contributed by atoms with E-state index in [2.05, 4.69) is 11.8 Å². The van der Waals surface area contributed by atoms with Crippen molar-refractivity contribution in [1.82, 2.24) is 0 Å². The van der Waals surface area contributed by atoms with E-state index in [1.54, 1.807) is 13.0 Å². The van der Waals surface area contributed by atoms with E-state index in [0.717, 1.165) is 5.56 Å². The minimum absolute atomic E-state index is 0.332. The maximum absolute atomic E-state index is 13.3. The fraction of sp³-hybridized carbons (Fsp3) is 0.273. The number of alkyl halides is 1. The Balaban J connectivity index is 3.00. The highest BCUT2D eigenvalue weighted by atomic mass is 35.5. The molecule has 14 heavy (non-hydrogen) atoms. The molecule has 0 bridgehead atoms.